The Labute approximate surface area is 93.1 Å². The van der Waals surface area contributed by atoms with E-state index in [4.69, 9.17) is 4.74 Å². The number of hydrogen-bond donors (Lipinski definition) is 1. The molecule has 0 radical (unpaired) electrons. The first kappa shape index (κ1) is 11.0. The second kappa shape index (κ2) is 5.55. The molecule has 1 aliphatic heterocycles. The van der Waals surface area contributed by atoms with Crippen LogP contribution in [0.1, 0.15) is 45.4 Å². The Balaban J connectivity index is 1.63. The van der Waals surface area contributed by atoms with Gasteiger partial charge in [0.2, 0.25) is 0 Å². The highest BCUT2D eigenvalue weighted by atomic mass is 16.5. The minimum absolute atomic E-state index is 0.411. The van der Waals surface area contributed by atoms with Gasteiger partial charge in [-0.2, -0.15) is 0 Å². The molecule has 2 aliphatic rings. The van der Waals surface area contributed by atoms with Crippen LogP contribution in [0.4, 0.5) is 0 Å². The highest BCUT2D eigenvalue weighted by Crippen LogP contribution is 2.23. The van der Waals surface area contributed by atoms with E-state index in [1.807, 2.05) is 6.26 Å². The molecule has 2 nitrogen and oxygen atoms in total. The zero-order valence-corrected chi connectivity index (χ0v) is 9.74. The molecule has 0 saturated heterocycles. The first-order valence-electron chi connectivity index (χ1n) is 6.38. The molecule has 0 spiro atoms. The molecule has 1 N–H and O–H groups in total. The third-order valence-electron chi connectivity index (χ3n) is 3.67. The maximum absolute atomic E-state index is 5.55. The zero-order chi connectivity index (χ0) is 10.5. The van der Waals surface area contributed by atoms with Crippen LogP contribution in [0.2, 0.25) is 0 Å². The quantitative estimate of drug-likeness (QED) is 0.771. The topological polar surface area (TPSA) is 21.3 Å². The molecule has 86 valence electrons. The Morgan fingerprint density at radius 2 is 2.00 bits per heavy atom. The van der Waals surface area contributed by atoms with Crippen LogP contribution in [0.5, 0.6) is 0 Å². The fraction of sp³-hybridized carbons (Fsp3) is 0.846. The lowest BCUT2D eigenvalue weighted by atomic mass is 9.87. The van der Waals surface area contributed by atoms with Gasteiger partial charge in [0.15, 0.2) is 0 Å². The maximum atomic E-state index is 5.55. The minimum Gasteiger partial charge on any atom is -0.497 e. The van der Waals surface area contributed by atoms with Gasteiger partial charge in [-0.05, 0) is 50.5 Å². The van der Waals surface area contributed by atoms with Crippen molar-refractivity contribution in [3.05, 3.63) is 12.3 Å². The smallest absolute Gasteiger partial charge is 0.110 e. The predicted molar refractivity (Wildman–Crippen MR) is 62.7 cm³/mol. The van der Waals surface area contributed by atoms with E-state index in [0.717, 1.165) is 18.5 Å². The molecule has 0 aromatic rings. The van der Waals surface area contributed by atoms with Gasteiger partial charge in [-0.3, -0.25) is 0 Å². The maximum Gasteiger partial charge on any atom is 0.110 e. The van der Waals surface area contributed by atoms with Crippen molar-refractivity contribution in [1.82, 2.24) is 5.32 Å². The average Bonchev–Trinajstić information content (AvgIpc) is 2.30. The van der Waals surface area contributed by atoms with Crippen LogP contribution in [0.25, 0.3) is 0 Å². The Morgan fingerprint density at radius 3 is 2.67 bits per heavy atom. The third-order valence-corrected chi connectivity index (χ3v) is 3.67. The number of ether oxygens (including phenoxy) is 1. The lowest BCUT2D eigenvalue weighted by Gasteiger charge is -2.29. The van der Waals surface area contributed by atoms with Gasteiger partial charge in [-0.15, -0.1) is 0 Å². The fourth-order valence-corrected chi connectivity index (χ4v) is 2.50. The van der Waals surface area contributed by atoms with Crippen molar-refractivity contribution in [2.75, 3.05) is 6.54 Å². The zero-order valence-electron chi connectivity index (χ0n) is 9.74. The van der Waals surface area contributed by atoms with Gasteiger partial charge in [0.1, 0.15) is 6.10 Å². The summed E-state index contributed by atoms with van der Waals surface area (Å²) in [4.78, 5) is 0. The van der Waals surface area contributed by atoms with Crippen molar-refractivity contribution in [3.8, 4) is 0 Å². The van der Waals surface area contributed by atoms with E-state index in [2.05, 4.69) is 18.3 Å². The normalized spacial score (nSPS) is 36.2. The number of hydrogen-bond acceptors (Lipinski definition) is 2. The van der Waals surface area contributed by atoms with Gasteiger partial charge in [0, 0.05) is 12.6 Å². The van der Waals surface area contributed by atoms with Gasteiger partial charge in [-0.25, -0.2) is 0 Å². The van der Waals surface area contributed by atoms with Gasteiger partial charge in [0.05, 0.1) is 6.26 Å². The monoisotopic (exact) mass is 209 g/mol. The standard InChI is InChI=1S/C13H23NO/c1-11-5-7-12(8-6-11)14-10-13-4-2-3-9-15-13/h3,9,11-14H,2,4-8,10H2,1H3. The van der Waals surface area contributed by atoms with Crippen molar-refractivity contribution in [2.45, 2.75) is 57.6 Å². The van der Waals surface area contributed by atoms with Crippen LogP contribution in [0.15, 0.2) is 12.3 Å². The van der Waals surface area contributed by atoms with Crippen LogP contribution in [-0.2, 0) is 4.74 Å². The SMILES string of the molecule is CC1CCC(NCC2CCC=CO2)CC1. The first-order valence-corrected chi connectivity index (χ1v) is 6.38. The van der Waals surface area contributed by atoms with E-state index in [1.165, 1.54) is 38.5 Å². The molecule has 2 heteroatoms. The first-order chi connectivity index (χ1) is 7.34. The summed E-state index contributed by atoms with van der Waals surface area (Å²) in [6.07, 6.45) is 12.2. The summed E-state index contributed by atoms with van der Waals surface area (Å²) in [5.41, 5.74) is 0. The van der Waals surface area contributed by atoms with Crippen LogP contribution in [-0.4, -0.2) is 18.7 Å². The van der Waals surface area contributed by atoms with E-state index in [1.54, 1.807) is 0 Å². The van der Waals surface area contributed by atoms with Crippen molar-refractivity contribution in [2.24, 2.45) is 5.92 Å². The Morgan fingerprint density at radius 1 is 1.20 bits per heavy atom. The van der Waals surface area contributed by atoms with Crippen LogP contribution >= 0.6 is 0 Å². The summed E-state index contributed by atoms with van der Waals surface area (Å²) in [5.74, 6) is 0.942. The van der Waals surface area contributed by atoms with E-state index < -0.39 is 0 Å². The summed E-state index contributed by atoms with van der Waals surface area (Å²) in [7, 11) is 0. The Hall–Kier alpha value is -0.500. The molecule has 1 atom stereocenters. The molecule has 0 aromatic carbocycles. The van der Waals surface area contributed by atoms with Crippen LogP contribution in [0.3, 0.4) is 0 Å². The molecular weight excluding hydrogens is 186 g/mol. The predicted octanol–water partition coefficient (Wildman–Crippen LogP) is 2.85. The molecule has 1 fully saturated rings. The fourth-order valence-electron chi connectivity index (χ4n) is 2.50. The molecule has 0 aromatic heterocycles. The van der Waals surface area contributed by atoms with Crippen molar-refractivity contribution >= 4 is 0 Å². The van der Waals surface area contributed by atoms with E-state index in [-0.39, 0.29) is 0 Å². The van der Waals surface area contributed by atoms with E-state index in [9.17, 15) is 0 Å². The Kier molecular flexibility index (Phi) is 4.07. The molecular formula is C13H23NO. The number of nitrogens with one attached hydrogen (secondary N) is 1. The lowest BCUT2D eigenvalue weighted by Crippen LogP contribution is -2.38. The van der Waals surface area contributed by atoms with E-state index >= 15 is 0 Å². The highest BCUT2D eigenvalue weighted by Gasteiger charge is 2.19. The number of rotatable bonds is 3. The molecule has 1 unspecified atom stereocenters. The third kappa shape index (κ3) is 3.53. The summed E-state index contributed by atoms with van der Waals surface area (Å²) < 4.78 is 5.55. The van der Waals surface area contributed by atoms with Gasteiger partial charge >= 0.3 is 0 Å². The highest BCUT2D eigenvalue weighted by molar-refractivity contribution is 4.84. The molecule has 2 rings (SSSR count). The molecule has 1 heterocycles. The summed E-state index contributed by atoms with van der Waals surface area (Å²) >= 11 is 0. The minimum atomic E-state index is 0.411. The van der Waals surface area contributed by atoms with Crippen molar-refractivity contribution in [1.29, 1.82) is 0 Å². The van der Waals surface area contributed by atoms with Crippen molar-refractivity contribution < 1.29 is 4.74 Å². The summed E-state index contributed by atoms with van der Waals surface area (Å²) in [5, 5.41) is 3.65. The summed E-state index contributed by atoms with van der Waals surface area (Å²) in [6, 6.07) is 0.746. The molecule has 0 bridgehead atoms. The van der Waals surface area contributed by atoms with Crippen molar-refractivity contribution in [3.63, 3.8) is 0 Å². The molecule has 0 amide bonds. The molecule has 1 saturated carbocycles. The van der Waals surface area contributed by atoms with Gasteiger partial charge < -0.3 is 10.1 Å². The second-order valence-electron chi connectivity index (χ2n) is 5.07. The second-order valence-corrected chi connectivity index (χ2v) is 5.07. The van der Waals surface area contributed by atoms with E-state index in [0.29, 0.717) is 6.10 Å². The van der Waals surface area contributed by atoms with Gasteiger partial charge in [0.25, 0.3) is 0 Å². The van der Waals surface area contributed by atoms with Crippen LogP contribution in [0, 0.1) is 5.92 Å². The van der Waals surface area contributed by atoms with Crippen LogP contribution < -0.4 is 5.32 Å². The largest absolute Gasteiger partial charge is 0.497 e. The lowest BCUT2D eigenvalue weighted by molar-refractivity contribution is 0.116. The average molecular weight is 209 g/mol. The molecule has 15 heavy (non-hydrogen) atoms. The molecule has 1 aliphatic carbocycles. The van der Waals surface area contributed by atoms with Gasteiger partial charge in [-0.1, -0.05) is 6.92 Å². The summed E-state index contributed by atoms with van der Waals surface area (Å²) in [6.45, 7) is 3.40. The number of allylic oxidation sites excluding steroid dienone is 1. The Bertz CT molecular complexity index is 207.